The van der Waals surface area contributed by atoms with Crippen molar-refractivity contribution in [1.29, 1.82) is 0 Å². The molecule has 0 aliphatic rings. The Hall–Kier alpha value is 1.81. The third kappa shape index (κ3) is 27.2. The average molecular weight is 814 g/mol. The van der Waals surface area contributed by atoms with E-state index in [1.54, 1.807) is 7.11 Å². The van der Waals surface area contributed by atoms with Gasteiger partial charge in [-0.05, 0) is 150 Å². The van der Waals surface area contributed by atoms with Gasteiger partial charge in [-0.15, -0.1) is 0 Å². The van der Waals surface area contributed by atoms with Crippen LogP contribution in [0.1, 0.15) is 6.92 Å². The van der Waals surface area contributed by atoms with Gasteiger partial charge in [0.2, 0.25) is 0 Å². The Labute approximate surface area is 291 Å². The fourth-order valence-corrected chi connectivity index (χ4v) is 34.5. The molecule has 0 fully saturated rings. The van der Waals surface area contributed by atoms with Gasteiger partial charge >= 0.3 is 26.4 Å². The predicted molar refractivity (Wildman–Crippen MR) is 218 cm³/mol. The van der Waals surface area contributed by atoms with E-state index < -0.39 is 84.6 Å². The van der Waals surface area contributed by atoms with Crippen molar-refractivity contribution >= 4 is 84.6 Å². The van der Waals surface area contributed by atoms with Crippen molar-refractivity contribution in [3.8, 4) is 0 Å². The van der Waals surface area contributed by atoms with Gasteiger partial charge in [0, 0.05) is 7.11 Å². The Morgan fingerprint density at radius 1 is 0.378 bits per heavy atom. The van der Waals surface area contributed by atoms with Crippen LogP contribution in [0.5, 0.6) is 0 Å². The van der Waals surface area contributed by atoms with Gasteiger partial charge in [0.1, 0.15) is 6.23 Å². The maximum atomic E-state index is 6.62. The van der Waals surface area contributed by atoms with Crippen LogP contribution in [0.15, 0.2) is 0 Å². The van der Waals surface area contributed by atoms with Crippen LogP contribution in [0.25, 0.3) is 0 Å². The molecule has 0 amide bonds. The minimum atomic E-state index is -3.24. The van der Waals surface area contributed by atoms with Gasteiger partial charge < -0.3 is 37.7 Å². The molecule has 0 unspecified atom stereocenters. The molecule has 0 bridgehead atoms. The summed E-state index contributed by atoms with van der Waals surface area (Å²) in [5, 5.41) is 0. The van der Waals surface area contributed by atoms with Gasteiger partial charge in [-0.1, -0.05) is 6.92 Å². The van der Waals surface area contributed by atoms with Gasteiger partial charge in [-0.2, -0.15) is 0 Å². The zero-order chi connectivity index (χ0) is 36.8. The molecule has 0 spiro atoms. The van der Waals surface area contributed by atoms with Crippen LogP contribution >= 0.6 is 0 Å². The summed E-state index contributed by atoms with van der Waals surface area (Å²) >= 11 is 0. The molecule has 0 saturated heterocycles. The molecule has 0 aromatic carbocycles. The highest BCUT2D eigenvalue weighted by Crippen LogP contribution is 2.30. The van der Waals surface area contributed by atoms with Crippen molar-refractivity contribution in [2.45, 2.75) is 157 Å². The van der Waals surface area contributed by atoms with E-state index in [-0.39, 0.29) is 0 Å². The first-order valence-corrected chi connectivity index (χ1v) is 46.3. The molecule has 0 aromatic heterocycles. The van der Waals surface area contributed by atoms with Gasteiger partial charge in [0.15, 0.2) is 58.2 Å². The summed E-state index contributed by atoms with van der Waals surface area (Å²) in [6.45, 7) is 49.8. The van der Waals surface area contributed by atoms with Crippen LogP contribution < -0.4 is 0 Å². The van der Waals surface area contributed by atoms with Crippen molar-refractivity contribution in [2.24, 2.45) is 0 Å². The van der Waals surface area contributed by atoms with Crippen LogP contribution in [-0.2, 0) is 37.7 Å². The molecule has 274 valence electrons. The summed E-state index contributed by atoms with van der Waals surface area (Å²) in [6.07, 6.45) is 0.513. The maximum absolute atomic E-state index is 6.62. The predicted octanol–water partition coefficient (Wildman–Crippen LogP) is 9.60. The summed E-state index contributed by atoms with van der Waals surface area (Å²) in [5.74, 6) is 0. The lowest BCUT2D eigenvalue weighted by Gasteiger charge is -2.43. The molecule has 19 heteroatoms. The second kappa shape index (κ2) is 17.4. The van der Waals surface area contributed by atoms with E-state index in [1.165, 1.54) is 0 Å². The highest BCUT2D eigenvalue weighted by atomic mass is 28.5. The van der Waals surface area contributed by atoms with E-state index in [0.717, 1.165) is 6.04 Å². The van der Waals surface area contributed by atoms with Crippen molar-refractivity contribution < 1.29 is 37.7 Å². The quantitative estimate of drug-likeness (QED) is 0.119. The zero-order valence-corrected chi connectivity index (χ0v) is 44.1. The molecule has 0 aliphatic heterocycles. The summed E-state index contributed by atoms with van der Waals surface area (Å²) < 4.78 is 57.6. The summed E-state index contributed by atoms with van der Waals surface area (Å²) in [4.78, 5) is 0. The molecule has 0 saturated carbocycles. The van der Waals surface area contributed by atoms with E-state index in [4.69, 9.17) is 37.7 Å². The molecule has 0 atom stereocenters. The summed E-state index contributed by atoms with van der Waals surface area (Å²) in [5.41, 5.74) is 0. The third-order valence-electron chi connectivity index (χ3n) is 5.03. The molecule has 9 nitrogen and oxygen atoms in total. The van der Waals surface area contributed by atoms with Gasteiger partial charge in [0.25, 0.3) is 0 Å². The van der Waals surface area contributed by atoms with E-state index in [1.807, 2.05) is 13.1 Å². The van der Waals surface area contributed by atoms with Crippen LogP contribution in [-0.4, -0.2) is 98.0 Å². The third-order valence-corrected chi connectivity index (χ3v) is 33.8. The fourth-order valence-electron chi connectivity index (χ4n) is 3.53. The monoisotopic (exact) mass is 812 g/mol. The molecule has 0 radical (unpaired) electrons. The van der Waals surface area contributed by atoms with Crippen molar-refractivity contribution in [2.75, 3.05) is 13.3 Å². The first-order chi connectivity index (χ1) is 19.3. The highest BCUT2D eigenvalue weighted by Gasteiger charge is 2.57. The Kier molecular flexibility index (Phi) is 18.9. The van der Waals surface area contributed by atoms with Gasteiger partial charge in [0.05, 0.1) is 0 Å². The smallest absolute Gasteiger partial charge is 0.416 e. The van der Waals surface area contributed by atoms with Crippen molar-refractivity contribution in [3.05, 3.63) is 0 Å². The Morgan fingerprint density at radius 2 is 0.644 bits per heavy atom. The van der Waals surface area contributed by atoms with E-state index in [0.29, 0.717) is 6.23 Å². The van der Waals surface area contributed by atoms with Gasteiger partial charge in [-0.3, -0.25) is 0 Å². The summed E-state index contributed by atoms with van der Waals surface area (Å²) in [7, 11) is -19.6. The molecule has 0 aliphatic carbocycles. The second-order valence-electron chi connectivity index (χ2n) is 18.6. The Bertz CT molecular complexity index is 786. The van der Waals surface area contributed by atoms with E-state index in [9.17, 15) is 0 Å². The topological polar surface area (TPSA) is 83.1 Å². The molecular weight excluding hydrogens is 737 g/mol. The van der Waals surface area contributed by atoms with Crippen molar-refractivity contribution in [3.63, 3.8) is 0 Å². The number of rotatable bonds is 19. The number of hydrogen-bond acceptors (Lipinski definition) is 9. The first-order valence-electron chi connectivity index (χ1n) is 16.4. The lowest BCUT2D eigenvalue weighted by atomic mass is 11.0. The SMILES string of the molecule is CC[Si](C)(C)OC[Si](O[Si](C)(C)C)(O[Si](C)(C)C)O[Si](C)(C)C.CO[Si](C)(C)O[Si](O[Si](C)(C)C)(O[Si](C)(C)C)O[Si](C)(C)C. The molecule has 0 N–H and O–H groups in total. The van der Waals surface area contributed by atoms with Crippen LogP contribution in [0.4, 0.5) is 0 Å². The molecule has 0 heterocycles. The Morgan fingerprint density at radius 3 is 0.844 bits per heavy atom. The maximum Gasteiger partial charge on any atom is 0.638 e. The minimum absolute atomic E-state index is 0.513. The highest BCUT2D eigenvalue weighted by molar-refractivity contribution is 6.91. The van der Waals surface area contributed by atoms with Crippen LogP contribution in [0, 0.1) is 0 Å². The Balaban J connectivity index is 0. The van der Waals surface area contributed by atoms with Crippen LogP contribution in [0.2, 0.25) is 150 Å². The molecule has 0 aromatic rings. The zero-order valence-electron chi connectivity index (χ0n) is 34.1. The summed E-state index contributed by atoms with van der Waals surface area (Å²) in [6, 6.07) is 1.09. The lowest BCUT2D eigenvalue weighted by molar-refractivity contribution is 0.127. The molecular formula is C26H76O9Si10. The lowest BCUT2D eigenvalue weighted by Crippen LogP contribution is -2.66. The second-order valence-corrected chi connectivity index (χ2v) is 60.0. The first kappa shape index (κ1) is 48.9. The van der Waals surface area contributed by atoms with E-state index >= 15 is 0 Å². The fraction of sp³-hybridized carbons (Fsp3) is 1.00. The molecule has 0 rings (SSSR count). The average Bonchev–Trinajstić information content (AvgIpc) is 2.64. The molecule has 45 heavy (non-hydrogen) atoms. The van der Waals surface area contributed by atoms with Crippen LogP contribution in [0.3, 0.4) is 0 Å². The normalized spacial score (nSPS) is 15.2. The van der Waals surface area contributed by atoms with Crippen molar-refractivity contribution in [1.82, 2.24) is 0 Å². The largest absolute Gasteiger partial charge is 0.638 e. The standard InChI is InChI=1S/C14H40O4Si5.C12H36O5Si5/c1-13-22(11,12)15-14-23(16-19(2,3)4,17-20(5,6)7)18-21(8,9)10;1-13-21(11,12)17-22(14-18(2,3)4,15-19(5,6)7)16-20(8,9)10/h13-14H2,1-12H3;1-12H3. The number of hydrogen-bond donors (Lipinski definition) is 0. The minimum Gasteiger partial charge on any atom is -0.416 e. The van der Waals surface area contributed by atoms with Gasteiger partial charge in [-0.25, -0.2) is 0 Å². The van der Waals surface area contributed by atoms with E-state index in [2.05, 4.69) is 138 Å².